The molecule has 0 fully saturated rings. The molecule has 3 aromatic carbocycles. The molecule has 0 heterocycles. The van der Waals surface area contributed by atoms with Gasteiger partial charge in [-0.15, -0.1) is 0 Å². The van der Waals surface area contributed by atoms with Crippen molar-refractivity contribution < 1.29 is 13.9 Å². The van der Waals surface area contributed by atoms with Gasteiger partial charge in [0.25, 0.3) is 5.91 Å². The molecule has 0 aliphatic rings. The van der Waals surface area contributed by atoms with E-state index in [9.17, 15) is 9.18 Å². The van der Waals surface area contributed by atoms with Crippen molar-refractivity contribution in [2.75, 3.05) is 11.9 Å². The lowest BCUT2D eigenvalue weighted by Crippen LogP contribution is -2.20. The lowest BCUT2D eigenvalue weighted by molar-refractivity contribution is -0.118. The molecule has 1 amide bonds. The maximum absolute atomic E-state index is 13.0. The average Bonchev–Trinajstić information content (AvgIpc) is 2.54. The number of ether oxygens (including phenoxy) is 1. The van der Waals surface area contributed by atoms with Crippen molar-refractivity contribution in [2.45, 2.75) is 0 Å². The molecule has 0 bridgehead atoms. The summed E-state index contributed by atoms with van der Waals surface area (Å²) in [6, 6.07) is 17.6. The summed E-state index contributed by atoms with van der Waals surface area (Å²) >= 11 is 3.19. The molecule has 0 aliphatic heterocycles. The molecule has 0 radical (unpaired) electrons. The number of nitrogens with one attached hydrogen (secondary N) is 1. The number of carbonyl (C=O) groups excluding carboxylic acids is 1. The maximum Gasteiger partial charge on any atom is 0.262 e. The van der Waals surface area contributed by atoms with Crippen LogP contribution in [0.5, 0.6) is 5.75 Å². The lowest BCUT2D eigenvalue weighted by Gasteiger charge is -2.09. The third-order valence-corrected chi connectivity index (χ3v) is 3.91. The van der Waals surface area contributed by atoms with Crippen molar-refractivity contribution in [1.82, 2.24) is 0 Å². The van der Waals surface area contributed by atoms with Crippen LogP contribution in [0.3, 0.4) is 0 Å². The van der Waals surface area contributed by atoms with Gasteiger partial charge >= 0.3 is 0 Å². The first-order chi connectivity index (χ1) is 11.1. The number of anilines is 1. The molecular weight excluding hydrogens is 361 g/mol. The molecule has 1 N–H and O–H groups in total. The minimum Gasteiger partial charge on any atom is -0.483 e. The highest BCUT2D eigenvalue weighted by Gasteiger charge is 2.07. The Morgan fingerprint density at radius 2 is 1.83 bits per heavy atom. The predicted molar refractivity (Wildman–Crippen MR) is 92.2 cm³/mol. The average molecular weight is 374 g/mol. The van der Waals surface area contributed by atoms with E-state index in [1.807, 2.05) is 42.5 Å². The van der Waals surface area contributed by atoms with Crippen LogP contribution < -0.4 is 10.1 Å². The van der Waals surface area contributed by atoms with Crippen molar-refractivity contribution in [3.05, 3.63) is 71.0 Å². The fourth-order valence-electron chi connectivity index (χ4n) is 2.20. The fraction of sp³-hybridized carbons (Fsp3) is 0.0556. The Labute approximate surface area is 141 Å². The summed E-state index contributed by atoms with van der Waals surface area (Å²) in [6.07, 6.45) is 0. The van der Waals surface area contributed by atoms with Gasteiger partial charge in [0, 0.05) is 5.69 Å². The van der Waals surface area contributed by atoms with Crippen LogP contribution in [0, 0.1) is 5.82 Å². The number of amides is 1. The number of hydrogen-bond acceptors (Lipinski definition) is 2. The first-order valence-electron chi connectivity index (χ1n) is 6.98. The number of hydrogen-bond donors (Lipinski definition) is 1. The predicted octanol–water partition coefficient (Wildman–Crippen LogP) is 4.76. The molecule has 0 atom stereocenters. The van der Waals surface area contributed by atoms with E-state index in [0.717, 1.165) is 10.8 Å². The van der Waals surface area contributed by atoms with E-state index < -0.39 is 0 Å². The molecule has 116 valence electrons. The quantitative estimate of drug-likeness (QED) is 0.715. The molecule has 0 saturated carbocycles. The molecule has 0 aromatic heterocycles. The molecule has 5 heteroatoms. The summed E-state index contributed by atoms with van der Waals surface area (Å²) in [7, 11) is 0. The molecule has 0 saturated heterocycles. The van der Waals surface area contributed by atoms with Gasteiger partial charge < -0.3 is 10.1 Å². The largest absolute Gasteiger partial charge is 0.483 e. The zero-order chi connectivity index (χ0) is 16.2. The third kappa shape index (κ3) is 3.87. The van der Waals surface area contributed by atoms with Crippen molar-refractivity contribution in [1.29, 1.82) is 0 Å². The van der Waals surface area contributed by atoms with E-state index in [-0.39, 0.29) is 18.3 Å². The summed E-state index contributed by atoms with van der Waals surface area (Å²) in [5.41, 5.74) is 0.704. The van der Waals surface area contributed by atoms with Gasteiger partial charge in [-0.2, -0.15) is 0 Å². The number of fused-ring (bicyclic) bond motifs is 1. The molecule has 3 rings (SSSR count). The van der Waals surface area contributed by atoms with Gasteiger partial charge in [-0.1, -0.05) is 30.3 Å². The molecule has 3 nitrogen and oxygen atoms in total. The second-order valence-corrected chi connectivity index (χ2v) is 5.83. The Morgan fingerprint density at radius 1 is 1.04 bits per heavy atom. The lowest BCUT2D eigenvalue weighted by atomic mass is 10.1. The van der Waals surface area contributed by atoms with Crippen LogP contribution in [0.15, 0.2) is 65.1 Å². The normalized spacial score (nSPS) is 10.5. The summed E-state index contributed by atoms with van der Waals surface area (Å²) in [5, 5.41) is 4.94. The summed E-state index contributed by atoms with van der Waals surface area (Å²) in [5.74, 6) is -0.235. The van der Waals surface area contributed by atoms with Gasteiger partial charge in [0.1, 0.15) is 11.6 Å². The molecule has 0 unspecified atom stereocenters. The zero-order valence-electron chi connectivity index (χ0n) is 12.1. The van der Waals surface area contributed by atoms with E-state index in [1.54, 1.807) is 0 Å². The molecule has 0 aliphatic carbocycles. The van der Waals surface area contributed by atoms with Crippen LogP contribution in [0.2, 0.25) is 0 Å². The van der Waals surface area contributed by atoms with E-state index in [2.05, 4.69) is 21.2 Å². The second-order valence-electron chi connectivity index (χ2n) is 4.97. The summed E-state index contributed by atoms with van der Waals surface area (Å²) in [6.45, 7) is -0.156. The van der Waals surface area contributed by atoms with Crippen LogP contribution in [0.4, 0.5) is 10.1 Å². The second kappa shape index (κ2) is 6.79. The number of benzene rings is 3. The Morgan fingerprint density at radius 3 is 2.61 bits per heavy atom. The van der Waals surface area contributed by atoms with Gasteiger partial charge in [0.15, 0.2) is 6.61 Å². The standard InChI is InChI=1S/C18H13BrFNO2/c19-16-10-14(20)6-8-17(16)23-11-18(22)21-15-7-5-12-3-1-2-4-13(12)9-15/h1-10H,11H2,(H,21,22). The monoisotopic (exact) mass is 373 g/mol. The first kappa shape index (κ1) is 15.5. The zero-order valence-corrected chi connectivity index (χ0v) is 13.6. The van der Waals surface area contributed by atoms with E-state index in [1.165, 1.54) is 18.2 Å². The SMILES string of the molecule is O=C(COc1ccc(F)cc1Br)Nc1ccc2ccccc2c1. The molecule has 3 aromatic rings. The molecule has 23 heavy (non-hydrogen) atoms. The van der Waals surface area contributed by atoms with Crippen molar-refractivity contribution in [3.63, 3.8) is 0 Å². The van der Waals surface area contributed by atoms with E-state index in [4.69, 9.17) is 4.74 Å². The smallest absolute Gasteiger partial charge is 0.262 e. The van der Waals surface area contributed by atoms with Crippen LogP contribution in [0.1, 0.15) is 0 Å². The first-order valence-corrected chi connectivity index (χ1v) is 7.77. The minimum atomic E-state index is -0.371. The molecular formula is C18H13BrFNO2. The highest BCUT2D eigenvalue weighted by Crippen LogP contribution is 2.25. The fourth-order valence-corrected chi connectivity index (χ4v) is 2.67. The van der Waals surface area contributed by atoms with Gasteiger partial charge in [-0.25, -0.2) is 4.39 Å². The number of rotatable bonds is 4. The van der Waals surface area contributed by atoms with Gasteiger partial charge in [0.05, 0.1) is 4.47 Å². The van der Waals surface area contributed by atoms with Crippen molar-refractivity contribution in [3.8, 4) is 5.75 Å². The maximum atomic E-state index is 13.0. The van der Waals surface area contributed by atoms with Gasteiger partial charge in [0.2, 0.25) is 0 Å². The van der Waals surface area contributed by atoms with Crippen LogP contribution in [-0.4, -0.2) is 12.5 Å². The number of carbonyl (C=O) groups is 1. The van der Waals surface area contributed by atoms with Crippen LogP contribution in [-0.2, 0) is 4.79 Å². The third-order valence-electron chi connectivity index (χ3n) is 3.29. The van der Waals surface area contributed by atoms with Gasteiger partial charge in [-0.05, 0) is 57.0 Å². The van der Waals surface area contributed by atoms with Crippen molar-refractivity contribution in [2.24, 2.45) is 0 Å². The Balaban J connectivity index is 1.64. The Kier molecular flexibility index (Phi) is 4.57. The van der Waals surface area contributed by atoms with E-state index in [0.29, 0.717) is 15.9 Å². The number of halogens is 2. The van der Waals surface area contributed by atoms with Crippen LogP contribution >= 0.6 is 15.9 Å². The van der Waals surface area contributed by atoms with E-state index >= 15 is 0 Å². The Hall–Kier alpha value is -2.40. The summed E-state index contributed by atoms with van der Waals surface area (Å²) in [4.78, 5) is 12.0. The highest BCUT2D eigenvalue weighted by molar-refractivity contribution is 9.10. The topological polar surface area (TPSA) is 38.3 Å². The Bertz CT molecular complexity index is 867. The van der Waals surface area contributed by atoms with Gasteiger partial charge in [-0.3, -0.25) is 4.79 Å². The van der Waals surface area contributed by atoms with Crippen LogP contribution in [0.25, 0.3) is 10.8 Å². The minimum absolute atomic E-state index is 0.156. The molecule has 0 spiro atoms. The highest BCUT2D eigenvalue weighted by atomic mass is 79.9. The van der Waals surface area contributed by atoms with Crippen molar-refractivity contribution >= 4 is 38.3 Å². The summed E-state index contributed by atoms with van der Waals surface area (Å²) < 4.78 is 18.9.